The minimum absolute atomic E-state index is 0.223. The van der Waals surface area contributed by atoms with Gasteiger partial charge < -0.3 is 19.1 Å². The first-order chi connectivity index (χ1) is 13.3. The molecule has 1 aromatic carbocycles. The minimum Gasteiger partial charge on any atom is -0.498 e. The van der Waals surface area contributed by atoms with E-state index in [9.17, 15) is 0 Å². The van der Waals surface area contributed by atoms with Gasteiger partial charge in [-0.15, -0.1) is 0 Å². The van der Waals surface area contributed by atoms with Crippen LogP contribution in [0.15, 0.2) is 24.0 Å². The van der Waals surface area contributed by atoms with Gasteiger partial charge in [0.15, 0.2) is 11.5 Å². The Morgan fingerprint density at radius 2 is 2.00 bits per heavy atom. The number of benzene rings is 1. The number of piperidine rings is 2. The molecule has 5 heterocycles. The number of fused-ring (bicyclic) bond motifs is 2. The molecule has 1 aliphatic carbocycles. The normalized spacial score (nSPS) is 42.4. The first-order valence-corrected chi connectivity index (χ1v) is 10.4. The van der Waals surface area contributed by atoms with E-state index in [0.717, 1.165) is 31.0 Å². The third-order valence-electron chi connectivity index (χ3n) is 8.67. The molecule has 5 aliphatic heterocycles. The summed E-state index contributed by atoms with van der Waals surface area (Å²) in [4.78, 5) is 5.46. The summed E-state index contributed by atoms with van der Waals surface area (Å²) >= 11 is 0. The molecule has 0 N–H and O–H groups in total. The molecule has 0 unspecified atom stereocenters. The van der Waals surface area contributed by atoms with Crippen LogP contribution in [0, 0.1) is 11.8 Å². The molecule has 6 aliphatic rings. The number of hydrogen-bond acceptors (Lipinski definition) is 5. The predicted octanol–water partition coefficient (Wildman–Crippen LogP) is 2.54. The van der Waals surface area contributed by atoms with Crippen molar-refractivity contribution in [1.82, 2.24) is 4.90 Å². The number of hydrogen-bond donors (Lipinski definition) is 0. The van der Waals surface area contributed by atoms with Gasteiger partial charge in [0.05, 0.1) is 20.5 Å². The van der Waals surface area contributed by atoms with Crippen molar-refractivity contribution in [2.24, 2.45) is 11.8 Å². The molecule has 3 saturated heterocycles. The van der Waals surface area contributed by atoms with E-state index in [1.807, 2.05) is 0 Å². The Kier molecular flexibility index (Phi) is 2.65. The summed E-state index contributed by atoms with van der Waals surface area (Å²) in [6.45, 7) is 3.39. The van der Waals surface area contributed by atoms with Gasteiger partial charge in [-0.05, 0) is 42.5 Å². The molecule has 5 nitrogen and oxygen atoms in total. The highest BCUT2D eigenvalue weighted by molar-refractivity contribution is 5.72. The molecular formula is C22H26N2O3. The molecule has 0 radical (unpaired) electrons. The van der Waals surface area contributed by atoms with Crippen molar-refractivity contribution in [2.45, 2.75) is 42.9 Å². The van der Waals surface area contributed by atoms with Crippen LogP contribution in [0.5, 0.6) is 11.5 Å². The lowest BCUT2D eigenvalue weighted by atomic mass is 9.53. The molecule has 27 heavy (non-hydrogen) atoms. The fourth-order valence-corrected chi connectivity index (χ4v) is 7.81. The maximum absolute atomic E-state index is 6.32. The maximum atomic E-state index is 6.32. The van der Waals surface area contributed by atoms with Crippen molar-refractivity contribution in [3.05, 3.63) is 29.5 Å². The summed E-state index contributed by atoms with van der Waals surface area (Å²) in [6, 6.07) is 5.76. The molecule has 6 atom stereocenters. The van der Waals surface area contributed by atoms with E-state index < -0.39 is 0 Å². The monoisotopic (exact) mass is 366 g/mol. The third-order valence-corrected chi connectivity index (χ3v) is 8.67. The highest BCUT2D eigenvalue weighted by Crippen LogP contribution is 2.66. The number of methoxy groups -OCH3 is 2. The van der Waals surface area contributed by atoms with Gasteiger partial charge in [-0.1, -0.05) is 0 Å². The van der Waals surface area contributed by atoms with E-state index in [0.29, 0.717) is 30.0 Å². The Hall–Kier alpha value is -1.88. The molecule has 2 bridgehead atoms. The third kappa shape index (κ3) is 1.52. The lowest BCUT2D eigenvalue weighted by molar-refractivity contribution is -0.0632. The fourth-order valence-electron chi connectivity index (χ4n) is 7.81. The van der Waals surface area contributed by atoms with E-state index in [1.54, 1.807) is 19.8 Å². The van der Waals surface area contributed by atoms with Gasteiger partial charge in [0.25, 0.3) is 0 Å². The first kappa shape index (κ1) is 15.1. The number of nitrogens with zero attached hydrogens (tertiary/aromatic N) is 2. The van der Waals surface area contributed by atoms with E-state index in [-0.39, 0.29) is 5.41 Å². The van der Waals surface area contributed by atoms with Crippen molar-refractivity contribution in [3.63, 3.8) is 0 Å². The summed E-state index contributed by atoms with van der Waals surface area (Å²) in [6.07, 6.45) is 6.21. The average molecular weight is 366 g/mol. The fraction of sp³-hybridized carbons (Fsp3) is 0.636. The summed E-state index contributed by atoms with van der Waals surface area (Å²) in [5, 5.41) is 0. The zero-order valence-electron chi connectivity index (χ0n) is 16.0. The highest BCUT2D eigenvalue weighted by atomic mass is 16.5. The number of rotatable bonds is 2. The van der Waals surface area contributed by atoms with Crippen LogP contribution in [0.3, 0.4) is 0 Å². The topological polar surface area (TPSA) is 34.2 Å². The van der Waals surface area contributed by atoms with Crippen LogP contribution in [0.1, 0.15) is 24.8 Å². The van der Waals surface area contributed by atoms with Gasteiger partial charge in [-0.25, -0.2) is 0 Å². The molecule has 0 amide bonds. The van der Waals surface area contributed by atoms with Crippen LogP contribution in [0.2, 0.25) is 0 Å². The van der Waals surface area contributed by atoms with Gasteiger partial charge >= 0.3 is 0 Å². The van der Waals surface area contributed by atoms with Crippen molar-refractivity contribution in [1.29, 1.82) is 0 Å². The summed E-state index contributed by atoms with van der Waals surface area (Å²) in [5.74, 6) is 3.06. The van der Waals surface area contributed by atoms with Gasteiger partial charge in [-0.2, -0.15) is 0 Å². The van der Waals surface area contributed by atoms with Crippen molar-refractivity contribution < 1.29 is 14.2 Å². The van der Waals surface area contributed by atoms with Crippen LogP contribution in [0.4, 0.5) is 5.69 Å². The summed E-state index contributed by atoms with van der Waals surface area (Å²) in [7, 11) is 3.50. The zero-order valence-corrected chi connectivity index (χ0v) is 16.0. The Morgan fingerprint density at radius 3 is 2.85 bits per heavy atom. The second-order valence-electron chi connectivity index (χ2n) is 9.21. The molecular weight excluding hydrogens is 340 g/mol. The van der Waals surface area contributed by atoms with Gasteiger partial charge in [0.1, 0.15) is 6.10 Å². The van der Waals surface area contributed by atoms with Crippen LogP contribution >= 0.6 is 0 Å². The summed E-state index contributed by atoms with van der Waals surface area (Å²) < 4.78 is 17.7. The summed E-state index contributed by atoms with van der Waals surface area (Å²) in [5.41, 5.74) is 4.67. The molecule has 5 heteroatoms. The second-order valence-corrected chi connectivity index (χ2v) is 9.21. The average Bonchev–Trinajstić information content (AvgIpc) is 3.24. The number of anilines is 1. The van der Waals surface area contributed by atoms with E-state index >= 15 is 0 Å². The van der Waals surface area contributed by atoms with Gasteiger partial charge in [0.2, 0.25) is 0 Å². The van der Waals surface area contributed by atoms with Crippen LogP contribution in [0.25, 0.3) is 0 Å². The Bertz CT molecular complexity index is 883. The van der Waals surface area contributed by atoms with Crippen molar-refractivity contribution in [2.75, 3.05) is 38.8 Å². The Labute approximate surface area is 159 Å². The quantitative estimate of drug-likeness (QED) is 0.804. The smallest absolute Gasteiger partial charge is 0.162 e. The van der Waals surface area contributed by atoms with E-state index in [2.05, 4.69) is 28.2 Å². The highest BCUT2D eigenvalue weighted by Gasteiger charge is 2.70. The van der Waals surface area contributed by atoms with Crippen LogP contribution in [-0.4, -0.2) is 56.9 Å². The maximum Gasteiger partial charge on any atom is 0.162 e. The van der Waals surface area contributed by atoms with Crippen molar-refractivity contribution in [3.8, 4) is 11.5 Å². The number of ether oxygens (including phenoxy) is 3. The molecule has 1 aromatic rings. The van der Waals surface area contributed by atoms with Crippen LogP contribution in [-0.2, 0) is 10.2 Å². The van der Waals surface area contributed by atoms with Crippen LogP contribution < -0.4 is 14.4 Å². The molecule has 142 valence electrons. The largest absolute Gasteiger partial charge is 0.498 e. The van der Waals surface area contributed by atoms with Gasteiger partial charge in [-0.3, -0.25) is 4.90 Å². The van der Waals surface area contributed by atoms with E-state index in [1.165, 1.54) is 30.6 Å². The predicted molar refractivity (Wildman–Crippen MR) is 102 cm³/mol. The Morgan fingerprint density at radius 1 is 1.15 bits per heavy atom. The molecule has 1 spiro atoms. The Balaban J connectivity index is 1.51. The standard InChI is InChI=1S/C22H26N2O3/c1-25-17-8-14-15(9-18(17)26-2)24-5-3-16-20-13-7-19-22(14,21(20)24)4-6-23(19)10-12(13)11-27-16/h8-9,11,13,16,19-21H,3-7,10H2,1-2H3/t13-,16-,19-,20-,21-,22+/m1/s1. The van der Waals surface area contributed by atoms with Crippen molar-refractivity contribution >= 4 is 5.69 Å². The lowest BCUT2D eigenvalue weighted by Gasteiger charge is -2.61. The van der Waals surface area contributed by atoms with E-state index in [4.69, 9.17) is 14.2 Å². The second kappa shape index (κ2) is 4.75. The molecule has 4 fully saturated rings. The minimum atomic E-state index is 0.223. The zero-order chi connectivity index (χ0) is 17.9. The molecule has 0 aromatic heterocycles. The molecule has 1 saturated carbocycles. The first-order valence-electron chi connectivity index (χ1n) is 10.4. The molecule has 7 rings (SSSR count). The lowest BCUT2D eigenvalue weighted by Crippen LogP contribution is -2.69. The SMILES string of the molecule is COc1cc2c(cc1OC)[C@]13CCN4CC5=CO[C@@H]6CCN2[C@@H]1[C@@H]6[C@@H]5C[C@@H]43. The van der Waals surface area contributed by atoms with Gasteiger partial charge in [0, 0.05) is 54.7 Å².